The number of rotatable bonds is 3. The second-order valence-electron chi connectivity index (χ2n) is 6.53. The lowest BCUT2D eigenvalue weighted by Crippen LogP contribution is -2.50. The summed E-state index contributed by atoms with van der Waals surface area (Å²) in [5, 5.41) is 0. The highest BCUT2D eigenvalue weighted by atomic mass is 16.6. The Balaban J connectivity index is 1.42. The van der Waals surface area contributed by atoms with Gasteiger partial charge in [0.2, 0.25) is 5.88 Å². The fourth-order valence-electron chi connectivity index (χ4n) is 3.60. The Labute approximate surface area is 146 Å². The molecule has 0 bridgehead atoms. The summed E-state index contributed by atoms with van der Waals surface area (Å²) < 4.78 is 12.0. The van der Waals surface area contributed by atoms with Gasteiger partial charge < -0.3 is 14.4 Å². The number of ether oxygens (including phenoxy) is 2. The van der Waals surface area contributed by atoms with Gasteiger partial charge in [0.15, 0.2) is 0 Å². The maximum Gasteiger partial charge on any atom is 0.272 e. The van der Waals surface area contributed by atoms with Crippen molar-refractivity contribution >= 4 is 5.91 Å². The molecule has 25 heavy (non-hydrogen) atoms. The van der Waals surface area contributed by atoms with Crippen LogP contribution in [0.4, 0.5) is 0 Å². The first-order valence-corrected chi connectivity index (χ1v) is 8.51. The molecule has 2 aliphatic heterocycles. The first-order valence-electron chi connectivity index (χ1n) is 8.51. The van der Waals surface area contributed by atoms with Gasteiger partial charge in [-0.15, -0.1) is 0 Å². The molecule has 0 aliphatic carbocycles. The lowest BCUT2D eigenvalue weighted by molar-refractivity contribution is -0.0454. The predicted molar refractivity (Wildman–Crippen MR) is 89.1 cm³/mol. The lowest BCUT2D eigenvalue weighted by atomic mass is 9.89. The van der Waals surface area contributed by atoms with Crippen molar-refractivity contribution in [1.29, 1.82) is 0 Å². The smallest absolute Gasteiger partial charge is 0.272 e. The molecule has 2 aliphatic rings. The van der Waals surface area contributed by atoms with E-state index in [0.717, 1.165) is 25.8 Å². The fraction of sp³-hybridized carbons (Fsp3) is 0.444. The molecule has 2 aromatic rings. The van der Waals surface area contributed by atoms with Gasteiger partial charge in [0.05, 0.1) is 18.8 Å². The average molecular weight is 340 g/mol. The maximum atomic E-state index is 12.7. The van der Waals surface area contributed by atoms with E-state index < -0.39 is 0 Å². The molecule has 2 aromatic heterocycles. The number of likely N-dealkylation sites (tertiary alicyclic amines) is 1. The van der Waals surface area contributed by atoms with Crippen LogP contribution in [0.2, 0.25) is 0 Å². The first kappa shape index (κ1) is 16.0. The molecule has 0 aromatic carbocycles. The van der Waals surface area contributed by atoms with Gasteiger partial charge in [-0.3, -0.25) is 4.79 Å². The van der Waals surface area contributed by atoms with Crippen LogP contribution in [0.5, 0.6) is 5.88 Å². The van der Waals surface area contributed by atoms with Crippen LogP contribution in [0.1, 0.15) is 29.8 Å². The van der Waals surface area contributed by atoms with Gasteiger partial charge in [-0.05, 0) is 25.0 Å². The van der Waals surface area contributed by atoms with Crippen molar-refractivity contribution in [2.45, 2.75) is 31.0 Å². The molecule has 2 fully saturated rings. The van der Waals surface area contributed by atoms with Gasteiger partial charge in [0, 0.05) is 31.4 Å². The zero-order valence-corrected chi connectivity index (χ0v) is 13.9. The lowest BCUT2D eigenvalue weighted by Gasteiger charge is -2.39. The molecule has 0 saturated carbocycles. The van der Waals surface area contributed by atoms with E-state index in [2.05, 4.69) is 15.0 Å². The Morgan fingerprint density at radius 2 is 2.24 bits per heavy atom. The average Bonchev–Trinajstić information content (AvgIpc) is 3.04. The molecule has 2 saturated heterocycles. The molecule has 7 heteroatoms. The Kier molecular flexibility index (Phi) is 4.31. The van der Waals surface area contributed by atoms with Crippen molar-refractivity contribution in [3.63, 3.8) is 0 Å². The molecule has 7 nitrogen and oxygen atoms in total. The summed E-state index contributed by atoms with van der Waals surface area (Å²) in [7, 11) is 0. The zero-order chi connectivity index (χ0) is 17.1. The zero-order valence-electron chi connectivity index (χ0n) is 13.9. The molecular formula is C18H20N4O3. The first-order chi connectivity index (χ1) is 12.2. The highest BCUT2D eigenvalue weighted by molar-refractivity contribution is 5.92. The van der Waals surface area contributed by atoms with E-state index in [1.54, 1.807) is 18.5 Å². The highest BCUT2D eigenvalue weighted by Gasteiger charge is 2.45. The molecule has 1 spiro atoms. The van der Waals surface area contributed by atoms with Crippen molar-refractivity contribution in [1.82, 2.24) is 19.9 Å². The van der Waals surface area contributed by atoms with Gasteiger partial charge in [-0.1, -0.05) is 6.07 Å². The van der Waals surface area contributed by atoms with Crippen LogP contribution in [0, 0.1) is 0 Å². The standard InChI is InChI=1S/C18H20N4O3/c23-17(15-5-8-19-13-21-15)22-9-3-6-18(12-22)10-14(11-24-18)25-16-4-1-2-7-20-16/h1-2,4-5,7-8,13-14H,3,6,9-12H2/t14-,18+/m1/s1. The fourth-order valence-corrected chi connectivity index (χ4v) is 3.60. The molecule has 0 unspecified atom stereocenters. The molecular weight excluding hydrogens is 320 g/mol. The number of hydrogen-bond acceptors (Lipinski definition) is 6. The van der Waals surface area contributed by atoms with E-state index >= 15 is 0 Å². The van der Waals surface area contributed by atoms with Crippen LogP contribution in [0.3, 0.4) is 0 Å². The van der Waals surface area contributed by atoms with E-state index in [9.17, 15) is 4.79 Å². The minimum atomic E-state index is -0.333. The van der Waals surface area contributed by atoms with Crippen molar-refractivity contribution in [3.8, 4) is 5.88 Å². The second-order valence-corrected chi connectivity index (χ2v) is 6.53. The minimum Gasteiger partial charge on any atom is -0.472 e. The van der Waals surface area contributed by atoms with Crippen LogP contribution in [0.15, 0.2) is 43.0 Å². The Hall–Kier alpha value is -2.54. The number of hydrogen-bond donors (Lipinski definition) is 0. The number of nitrogens with zero attached hydrogens (tertiary/aromatic N) is 4. The van der Waals surface area contributed by atoms with Gasteiger partial charge in [-0.2, -0.15) is 0 Å². The predicted octanol–water partition coefficient (Wildman–Crippen LogP) is 1.71. The summed E-state index contributed by atoms with van der Waals surface area (Å²) in [6.45, 7) is 1.81. The summed E-state index contributed by atoms with van der Waals surface area (Å²) in [5.41, 5.74) is 0.0896. The van der Waals surface area contributed by atoms with E-state index in [1.807, 2.05) is 23.1 Å². The minimum absolute atomic E-state index is 0.0380. The molecule has 2 atom stereocenters. The highest BCUT2D eigenvalue weighted by Crippen LogP contribution is 2.36. The third kappa shape index (κ3) is 3.46. The summed E-state index contributed by atoms with van der Waals surface area (Å²) in [5.74, 6) is 0.539. The summed E-state index contributed by atoms with van der Waals surface area (Å²) >= 11 is 0. The van der Waals surface area contributed by atoms with Gasteiger partial charge in [-0.25, -0.2) is 15.0 Å². The van der Waals surface area contributed by atoms with E-state index in [4.69, 9.17) is 9.47 Å². The van der Waals surface area contributed by atoms with Crippen molar-refractivity contribution in [2.24, 2.45) is 0 Å². The van der Waals surface area contributed by atoms with Crippen LogP contribution >= 0.6 is 0 Å². The topological polar surface area (TPSA) is 77.4 Å². The third-order valence-electron chi connectivity index (χ3n) is 4.73. The summed E-state index contributed by atoms with van der Waals surface area (Å²) in [4.78, 5) is 26.6. The number of amides is 1. The van der Waals surface area contributed by atoms with Gasteiger partial charge >= 0.3 is 0 Å². The molecule has 0 radical (unpaired) electrons. The van der Waals surface area contributed by atoms with Crippen molar-refractivity contribution < 1.29 is 14.3 Å². The summed E-state index contributed by atoms with van der Waals surface area (Å²) in [6.07, 6.45) is 7.26. The van der Waals surface area contributed by atoms with E-state index in [0.29, 0.717) is 24.7 Å². The quantitative estimate of drug-likeness (QED) is 0.847. The number of piperidine rings is 1. The van der Waals surface area contributed by atoms with Gasteiger partial charge in [0.25, 0.3) is 5.91 Å². The van der Waals surface area contributed by atoms with Crippen LogP contribution in [0.25, 0.3) is 0 Å². The van der Waals surface area contributed by atoms with Crippen molar-refractivity contribution in [3.05, 3.63) is 48.7 Å². The van der Waals surface area contributed by atoms with Crippen LogP contribution in [-0.4, -0.2) is 57.2 Å². The molecule has 4 rings (SSSR count). The Morgan fingerprint density at radius 3 is 3.04 bits per heavy atom. The van der Waals surface area contributed by atoms with E-state index in [1.165, 1.54) is 6.33 Å². The molecule has 0 N–H and O–H groups in total. The SMILES string of the molecule is O=C(c1ccncn1)N1CCC[C@]2(C[C@@H](Oc3ccccn3)CO2)C1. The van der Waals surface area contributed by atoms with Gasteiger partial charge in [0.1, 0.15) is 18.1 Å². The second kappa shape index (κ2) is 6.76. The number of pyridine rings is 1. The Morgan fingerprint density at radius 1 is 1.28 bits per heavy atom. The van der Waals surface area contributed by atoms with Crippen molar-refractivity contribution in [2.75, 3.05) is 19.7 Å². The number of carbonyl (C=O) groups excluding carboxylic acids is 1. The van der Waals surface area contributed by atoms with Crippen LogP contribution < -0.4 is 4.74 Å². The number of aromatic nitrogens is 3. The normalized spacial score (nSPS) is 25.9. The third-order valence-corrected chi connectivity index (χ3v) is 4.73. The number of carbonyl (C=O) groups is 1. The Bertz CT molecular complexity index is 728. The van der Waals surface area contributed by atoms with Crippen LogP contribution in [-0.2, 0) is 4.74 Å². The largest absolute Gasteiger partial charge is 0.472 e. The maximum absolute atomic E-state index is 12.7. The molecule has 1 amide bonds. The monoisotopic (exact) mass is 340 g/mol. The summed E-state index contributed by atoms with van der Waals surface area (Å²) in [6, 6.07) is 7.25. The molecule has 130 valence electrons. The molecule has 4 heterocycles. The van der Waals surface area contributed by atoms with E-state index in [-0.39, 0.29) is 17.6 Å².